The molecule has 3 saturated heterocycles. The fourth-order valence-electron chi connectivity index (χ4n) is 7.98. The third kappa shape index (κ3) is 10.3. The van der Waals surface area contributed by atoms with E-state index < -0.39 is 77.3 Å². The molecule has 3 rings (SSSR count). The number of aliphatic hydroxyl groups excluding tert-OH is 2. The van der Waals surface area contributed by atoms with Gasteiger partial charge in [-0.15, -0.1) is 12.3 Å². The Labute approximate surface area is 305 Å². The van der Waals surface area contributed by atoms with Crippen LogP contribution in [-0.2, 0) is 33.4 Å². The zero-order valence-corrected chi connectivity index (χ0v) is 32.5. The summed E-state index contributed by atoms with van der Waals surface area (Å²) >= 11 is 0. The van der Waals surface area contributed by atoms with E-state index in [-0.39, 0.29) is 31.1 Å². The molecule has 3 heterocycles. The number of terminal acetylenes is 1. The van der Waals surface area contributed by atoms with Crippen LogP contribution in [-0.4, -0.2) is 132 Å². The molecule has 13 heteroatoms. The van der Waals surface area contributed by atoms with E-state index in [0.717, 1.165) is 25.9 Å². The summed E-state index contributed by atoms with van der Waals surface area (Å²) in [4.78, 5) is 35.8. The predicted octanol–water partition coefficient (Wildman–Crippen LogP) is 2.67. The Morgan fingerprint density at radius 3 is 2.33 bits per heavy atom. The van der Waals surface area contributed by atoms with Crippen molar-refractivity contribution >= 4 is 17.5 Å². The minimum atomic E-state index is -1.89. The molecular formula is C38H65N3O10. The number of nitrogens with one attached hydrogen (secondary N) is 1. The van der Waals surface area contributed by atoms with E-state index >= 15 is 0 Å². The van der Waals surface area contributed by atoms with Gasteiger partial charge in [-0.1, -0.05) is 32.9 Å². The van der Waals surface area contributed by atoms with Gasteiger partial charge in [-0.2, -0.15) is 0 Å². The molecule has 0 amide bonds. The molecule has 0 unspecified atom stereocenters. The molecule has 4 N–H and O–H groups in total. The molecule has 292 valence electrons. The van der Waals surface area contributed by atoms with Gasteiger partial charge in [0.2, 0.25) is 0 Å². The summed E-state index contributed by atoms with van der Waals surface area (Å²) in [6.45, 7) is 15.9. The largest absolute Gasteiger partial charge is 0.459 e. The lowest BCUT2D eigenvalue weighted by atomic mass is 9.74. The molecule has 0 aromatic heterocycles. The number of rotatable bonds is 9. The summed E-state index contributed by atoms with van der Waals surface area (Å²) in [6, 6.07) is -0.328. The number of carbonyl (C=O) groups excluding carboxylic acids is 2. The van der Waals surface area contributed by atoms with Crippen molar-refractivity contribution in [3.8, 4) is 12.3 Å². The van der Waals surface area contributed by atoms with Crippen molar-refractivity contribution in [2.45, 2.75) is 154 Å². The number of ether oxygens (including phenoxy) is 4. The summed E-state index contributed by atoms with van der Waals surface area (Å²) in [7, 11) is 3.42. The van der Waals surface area contributed by atoms with Crippen LogP contribution in [0.4, 0.5) is 0 Å². The van der Waals surface area contributed by atoms with E-state index in [4.69, 9.17) is 30.2 Å². The van der Waals surface area contributed by atoms with Gasteiger partial charge in [0, 0.05) is 43.9 Å². The van der Waals surface area contributed by atoms with Crippen LogP contribution < -0.4 is 5.32 Å². The smallest absolute Gasteiger partial charge is 0.316 e. The maximum Gasteiger partial charge on any atom is 0.316 e. The summed E-state index contributed by atoms with van der Waals surface area (Å²) in [6.07, 6.45) is 2.33. The number of Topliss-reactive ketones (excluding diaryl/α,β-unsaturated/α-hetero) is 1. The molecule has 0 radical (unpaired) electrons. The fraction of sp³-hybridized carbons (Fsp3) is 0.868. The molecule has 0 spiro atoms. The van der Waals surface area contributed by atoms with Crippen LogP contribution in [0.15, 0.2) is 5.16 Å². The normalized spacial score (nSPS) is 41.9. The number of esters is 1. The van der Waals surface area contributed by atoms with E-state index in [1.165, 1.54) is 21.0 Å². The molecular weight excluding hydrogens is 658 g/mol. The Hall–Kier alpha value is -2.15. The topological polar surface area (TPSA) is 169 Å². The molecule has 51 heavy (non-hydrogen) atoms. The Morgan fingerprint density at radius 2 is 1.75 bits per heavy atom. The number of likely N-dealkylation sites (N-methyl/N-ethyl adjacent to an activating group) is 1. The van der Waals surface area contributed by atoms with E-state index in [1.807, 2.05) is 32.7 Å². The highest BCUT2D eigenvalue weighted by atomic mass is 16.7. The van der Waals surface area contributed by atoms with Crippen molar-refractivity contribution in [2.75, 3.05) is 33.8 Å². The number of methoxy groups -OCH3 is 1. The first-order valence-corrected chi connectivity index (χ1v) is 18.7. The second-order valence-electron chi connectivity index (χ2n) is 15.5. The third-order valence-corrected chi connectivity index (χ3v) is 11.4. The standard InChI is InChI=1S/C38H65N3O10/c1-12-14-19-41(10)28-20-23(4)48-36(32(28)43)50-34-25(6)31(42)26(7)35(45)49-29(13-2)38(9,46)33(44)24(5)30(22(3)21-37(34,8)47-11)40-51-27-15-17-39-18-16-27/h1,22-29,32-34,36,39,43-44,46H,13-21H2,2-11H3/t22-,23-,24+,25+,26-,28+,29-,32-,33-,34-,36+,37-,38-/m1/s1. The number of aliphatic hydroxyl groups is 3. The highest BCUT2D eigenvalue weighted by Gasteiger charge is 2.51. The Kier molecular flexibility index (Phi) is 15.9. The zero-order valence-electron chi connectivity index (χ0n) is 32.5. The number of hydrogen-bond acceptors (Lipinski definition) is 13. The summed E-state index contributed by atoms with van der Waals surface area (Å²) in [5, 5.41) is 43.1. The number of cyclic esters (lactones) is 1. The second-order valence-corrected chi connectivity index (χ2v) is 15.5. The Balaban J connectivity index is 2.12. The van der Waals surface area contributed by atoms with Crippen molar-refractivity contribution < 1.29 is 48.7 Å². The molecule has 13 atom stereocenters. The van der Waals surface area contributed by atoms with Gasteiger partial charge in [0.05, 0.1) is 29.6 Å². The monoisotopic (exact) mass is 723 g/mol. The van der Waals surface area contributed by atoms with Crippen molar-refractivity contribution in [3.63, 3.8) is 0 Å². The Morgan fingerprint density at radius 1 is 1.10 bits per heavy atom. The number of carbonyl (C=O) groups is 2. The molecule has 3 aliphatic rings. The van der Waals surface area contributed by atoms with E-state index in [0.29, 0.717) is 25.1 Å². The lowest BCUT2D eigenvalue weighted by molar-refractivity contribution is -0.295. The maximum absolute atomic E-state index is 14.2. The zero-order chi connectivity index (χ0) is 38.3. The molecule has 0 saturated carbocycles. The summed E-state index contributed by atoms with van der Waals surface area (Å²) in [5.41, 5.74) is -2.62. The van der Waals surface area contributed by atoms with Gasteiger partial charge < -0.3 is 44.4 Å². The minimum absolute atomic E-state index is 0.129. The van der Waals surface area contributed by atoms with Crippen molar-refractivity contribution in [2.24, 2.45) is 28.8 Å². The summed E-state index contributed by atoms with van der Waals surface area (Å²) in [5.74, 6) is -1.99. The predicted molar refractivity (Wildman–Crippen MR) is 193 cm³/mol. The van der Waals surface area contributed by atoms with Gasteiger partial charge in [0.15, 0.2) is 12.1 Å². The van der Waals surface area contributed by atoms with Crippen LogP contribution in [0.5, 0.6) is 0 Å². The fourth-order valence-corrected chi connectivity index (χ4v) is 7.98. The van der Waals surface area contributed by atoms with Gasteiger partial charge in [0.25, 0.3) is 0 Å². The van der Waals surface area contributed by atoms with Crippen molar-refractivity contribution in [1.29, 1.82) is 0 Å². The molecule has 0 aliphatic carbocycles. The maximum atomic E-state index is 14.2. The molecule has 3 fully saturated rings. The Bertz CT molecular complexity index is 1220. The van der Waals surface area contributed by atoms with Gasteiger partial charge in [-0.25, -0.2) is 0 Å². The lowest BCUT2D eigenvalue weighted by Gasteiger charge is -2.47. The molecule has 13 nitrogen and oxygen atoms in total. The first kappa shape index (κ1) is 43.3. The molecule has 0 aromatic carbocycles. The van der Waals surface area contributed by atoms with Crippen LogP contribution in [0, 0.1) is 36.0 Å². The van der Waals surface area contributed by atoms with Crippen LogP contribution in [0.25, 0.3) is 0 Å². The minimum Gasteiger partial charge on any atom is -0.459 e. The van der Waals surface area contributed by atoms with Crippen LogP contribution in [0.2, 0.25) is 0 Å². The number of piperidine rings is 1. The number of oxime groups is 1. The van der Waals surface area contributed by atoms with Crippen LogP contribution in [0.3, 0.4) is 0 Å². The summed E-state index contributed by atoms with van der Waals surface area (Å²) < 4.78 is 24.9. The lowest BCUT2D eigenvalue weighted by Crippen LogP contribution is -2.60. The molecule has 0 aromatic rings. The average molecular weight is 724 g/mol. The number of hydrogen-bond donors (Lipinski definition) is 4. The van der Waals surface area contributed by atoms with Crippen molar-refractivity contribution in [1.82, 2.24) is 10.2 Å². The number of nitrogens with zero attached hydrogens (tertiary/aromatic N) is 2. The first-order chi connectivity index (χ1) is 23.9. The van der Waals surface area contributed by atoms with Crippen LogP contribution in [0.1, 0.15) is 93.9 Å². The number of ketones is 1. The van der Waals surface area contributed by atoms with Gasteiger partial charge >= 0.3 is 5.97 Å². The third-order valence-electron chi connectivity index (χ3n) is 11.4. The van der Waals surface area contributed by atoms with E-state index in [1.54, 1.807) is 20.8 Å². The second kappa shape index (κ2) is 18.7. The first-order valence-electron chi connectivity index (χ1n) is 18.7. The van der Waals surface area contributed by atoms with E-state index in [9.17, 15) is 24.9 Å². The molecule has 0 bridgehead atoms. The van der Waals surface area contributed by atoms with Gasteiger partial charge in [-0.05, 0) is 79.9 Å². The SMILES string of the molecule is C#CCCN(C)[C@H]1C[C@@H](C)O[C@@H](O[C@@H]2[C@@H](C)C(=O)[C@@H](C)C(=O)O[C@H](CC)[C@@](C)(O)[C@H](O)[C@@H](C)C(=NOC3CCNCC3)[C@H](C)C[C@@]2(C)OC)[C@@H]1O. The average Bonchev–Trinajstić information content (AvgIpc) is 3.11. The van der Waals surface area contributed by atoms with Crippen LogP contribution >= 0.6 is 0 Å². The van der Waals surface area contributed by atoms with Crippen molar-refractivity contribution in [3.05, 3.63) is 0 Å². The van der Waals surface area contributed by atoms with Gasteiger partial charge in [-0.3, -0.25) is 14.5 Å². The van der Waals surface area contributed by atoms with Gasteiger partial charge in [0.1, 0.15) is 29.8 Å². The van der Waals surface area contributed by atoms with E-state index in [2.05, 4.69) is 16.4 Å². The molecule has 3 aliphatic heterocycles. The highest BCUT2D eigenvalue weighted by molar-refractivity contribution is 6.00. The highest BCUT2D eigenvalue weighted by Crippen LogP contribution is 2.39. The quantitative estimate of drug-likeness (QED) is 0.119.